The molecule has 0 aromatic heterocycles. The van der Waals surface area contributed by atoms with Crippen molar-refractivity contribution in [3.63, 3.8) is 0 Å². The summed E-state index contributed by atoms with van der Waals surface area (Å²) in [7, 11) is 3.11. The highest BCUT2D eigenvalue weighted by Gasteiger charge is 2.16. The third-order valence-electron chi connectivity index (χ3n) is 5.09. The number of nitrogens with zero attached hydrogens (tertiary/aromatic N) is 1. The monoisotopic (exact) mass is 426 g/mol. The van der Waals surface area contributed by atoms with E-state index >= 15 is 0 Å². The number of halogens is 2. The molecule has 1 aliphatic carbocycles. The van der Waals surface area contributed by atoms with Gasteiger partial charge < -0.3 is 25.4 Å². The highest BCUT2D eigenvalue weighted by atomic mass is 19.3. The van der Waals surface area contributed by atoms with Crippen LogP contribution in [0.2, 0.25) is 0 Å². The number of benzene rings is 1. The van der Waals surface area contributed by atoms with Crippen LogP contribution in [0.3, 0.4) is 0 Å². The second-order valence-electron chi connectivity index (χ2n) is 7.26. The summed E-state index contributed by atoms with van der Waals surface area (Å²) in [4.78, 5) is 16.2. The van der Waals surface area contributed by atoms with Crippen molar-refractivity contribution in [2.75, 3.05) is 27.2 Å². The molecule has 0 atom stereocenters. The second-order valence-corrected chi connectivity index (χ2v) is 7.26. The van der Waals surface area contributed by atoms with Crippen molar-refractivity contribution < 1.29 is 23.0 Å². The first kappa shape index (κ1) is 23.7. The molecule has 7 nitrogen and oxygen atoms in total. The van der Waals surface area contributed by atoms with Crippen LogP contribution in [0.25, 0.3) is 0 Å². The topological polar surface area (TPSA) is 84.0 Å². The Morgan fingerprint density at radius 3 is 2.57 bits per heavy atom. The van der Waals surface area contributed by atoms with Gasteiger partial charge in [0.1, 0.15) is 11.5 Å². The Hall–Kier alpha value is -2.58. The molecule has 168 valence electrons. The number of methoxy groups -OCH3 is 1. The zero-order valence-corrected chi connectivity index (χ0v) is 17.7. The summed E-state index contributed by atoms with van der Waals surface area (Å²) in [5.41, 5.74) is 0.512. The summed E-state index contributed by atoms with van der Waals surface area (Å²) in [5.74, 6) is 1.69. The van der Waals surface area contributed by atoms with E-state index in [0.29, 0.717) is 42.7 Å². The first-order valence-corrected chi connectivity index (χ1v) is 10.3. The van der Waals surface area contributed by atoms with Gasteiger partial charge in [0.15, 0.2) is 5.96 Å². The molecule has 0 bridgehead atoms. The number of amides is 1. The van der Waals surface area contributed by atoms with E-state index in [2.05, 4.69) is 25.7 Å². The van der Waals surface area contributed by atoms with E-state index in [1.807, 2.05) is 0 Å². The highest BCUT2D eigenvalue weighted by molar-refractivity contribution is 5.80. The molecule has 0 aliphatic heterocycles. The summed E-state index contributed by atoms with van der Waals surface area (Å²) in [6.45, 7) is -1.72. The van der Waals surface area contributed by atoms with Crippen LogP contribution in [0, 0.1) is 5.92 Å². The maximum Gasteiger partial charge on any atom is 0.387 e. The van der Waals surface area contributed by atoms with Gasteiger partial charge in [-0.3, -0.25) is 9.79 Å². The maximum atomic E-state index is 12.6. The molecule has 0 saturated heterocycles. The zero-order valence-electron chi connectivity index (χ0n) is 17.7. The zero-order chi connectivity index (χ0) is 21.8. The molecule has 1 saturated carbocycles. The van der Waals surface area contributed by atoms with Gasteiger partial charge in [-0.25, -0.2) is 0 Å². The van der Waals surface area contributed by atoms with E-state index in [0.717, 1.165) is 12.8 Å². The number of alkyl halides is 2. The van der Waals surface area contributed by atoms with Gasteiger partial charge in [0.05, 0.1) is 7.11 Å². The number of aliphatic imine (C=N–C) groups is 1. The first-order valence-electron chi connectivity index (χ1n) is 10.3. The van der Waals surface area contributed by atoms with E-state index in [4.69, 9.17) is 4.74 Å². The number of guanidine groups is 1. The number of rotatable bonds is 10. The lowest BCUT2D eigenvalue weighted by Crippen LogP contribution is -2.41. The molecule has 1 fully saturated rings. The van der Waals surface area contributed by atoms with Crippen LogP contribution < -0.4 is 25.4 Å². The maximum absolute atomic E-state index is 12.6. The Morgan fingerprint density at radius 2 is 1.90 bits per heavy atom. The van der Waals surface area contributed by atoms with E-state index in [9.17, 15) is 13.6 Å². The first-order chi connectivity index (χ1) is 14.5. The number of carbonyl (C=O) groups is 1. The largest absolute Gasteiger partial charge is 0.497 e. The van der Waals surface area contributed by atoms with Crippen LogP contribution in [0.5, 0.6) is 11.5 Å². The minimum Gasteiger partial charge on any atom is -0.497 e. The molecular weight excluding hydrogens is 394 g/mol. The Labute approximate surface area is 176 Å². The van der Waals surface area contributed by atoms with Crippen molar-refractivity contribution in [3.05, 3.63) is 23.8 Å². The average molecular weight is 427 g/mol. The Morgan fingerprint density at radius 1 is 1.17 bits per heavy atom. The quantitative estimate of drug-likeness (QED) is 0.304. The van der Waals surface area contributed by atoms with Crippen molar-refractivity contribution in [2.24, 2.45) is 10.9 Å². The normalized spacial score (nSPS) is 15.0. The standard InChI is InChI=1S/C21H32F2N4O3/c1-24-21(26-11-10-25-19(28)12-15-6-4-3-5-7-15)27-14-16-13-17(29-2)8-9-18(16)30-20(22)23/h8-9,13,15,20H,3-7,10-12,14H2,1-2H3,(H,25,28)(H2,24,26,27). The molecule has 1 aromatic carbocycles. The fourth-order valence-corrected chi connectivity index (χ4v) is 3.54. The second kappa shape index (κ2) is 12.9. The highest BCUT2D eigenvalue weighted by Crippen LogP contribution is 2.26. The van der Waals surface area contributed by atoms with Crippen molar-refractivity contribution in [2.45, 2.75) is 51.7 Å². The summed E-state index contributed by atoms with van der Waals surface area (Å²) in [5, 5.41) is 9.07. The Kier molecular flexibility index (Phi) is 10.2. The summed E-state index contributed by atoms with van der Waals surface area (Å²) in [6.07, 6.45) is 6.60. The van der Waals surface area contributed by atoms with Crippen LogP contribution in [0.15, 0.2) is 23.2 Å². The third-order valence-corrected chi connectivity index (χ3v) is 5.09. The van der Waals surface area contributed by atoms with Crippen molar-refractivity contribution in [3.8, 4) is 11.5 Å². The number of hydrogen-bond donors (Lipinski definition) is 3. The number of nitrogens with one attached hydrogen (secondary N) is 3. The SMILES string of the molecule is CN=C(NCCNC(=O)CC1CCCCC1)NCc1cc(OC)ccc1OC(F)F. The van der Waals surface area contributed by atoms with Gasteiger partial charge in [-0.1, -0.05) is 19.3 Å². The van der Waals surface area contributed by atoms with Gasteiger partial charge in [-0.2, -0.15) is 8.78 Å². The minimum absolute atomic E-state index is 0.0729. The van der Waals surface area contributed by atoms with Crippen LogP contribution >= 0.6 is 0 Å². The number of carbonyl (C=O) groups excluding carboxylic acids is 1. The Bertz CT molecular complexity index is 695. The van der Waals surface area contributed by atoms with Crippen molar-refractivity contribution >= 4 is 11.9 Å². The lowest BCUT2D eigenvalue weighted by molar-refractivity contribution is -0.122. The molecule has 3 N–H and O–H groups in total. The summed E-state index contributed by atoms with van der Waals surface area (Å²) >= 11 is 0. The van der Waals surface area contributed by atoms with E-state index < -0.39 is 6.61 Å². The van der Waals surface area contributed by atoms with E-state index in [1.54, 1.807) is 19.2 Å². The third kappa shape index (κ3) is 8.42. The predicted molar refractivity (Wildman–Crippen MR) is 112 cm³/mol. The van der Waals surface area contributed by atoms with Gasteiger partial charge in [0, 0.05) is 38.7 Å². The van der Waals surface area contributed by atoms with Gasteiger partial charge >= 0.3 is 6.61 Å². The number of ether oxygens (including phenoxy) is 2. The molecule has 30 heavy (non-hydrogen) atoms. The van der Waals surface area contributed by atoms with Gasteiger partial charge in [-0.15, -0.1) is 0 Å². The smallest absolute Gasteiger partial charge is 0.387 e. The van der Waals surface area contributed by atoms with Crippen LogP contribution in [-0.2, 0) is 11.3 Å². The molecule has 1 amide bonds. The summed E-state index contributed by atoms with van der Waals surface area (Å²) < 4.78 is 35.0. The van der Waals surface area contributed by atoms with Crippen molar-refractivity contribution in [1.29, 1.82) is 0 Å². The molecule has 0 spiro atoms. The molecule has 1 aliphatic rings. The minimum atomic E-state index is -2.91. The van der Waals surface area contributed by atoms with Gasteiger partial charge in [-0.05, 0) is 37.0 Å². The fraction of sp³-hybridized carbons (Fsp3) is 0.619. The van der Waals surface area contributed by atoms with Crippen LogP contribution in [0.4, 0.5) is 8.78 Å². The summed E-state index contributed by atoms with van der Waals surface area (Å²) in [6, 6.07) is 4.63. The molecular formula is C21H32F2N4O3. The van der Waals surface area contributed by atoms with Gasteiger partial charge in [0.2, 0.25) is 5.91 Å². The van der Waals surface area contributed by atoms with E-state index in [1.165, 1.54) is 32.4 Å². The molecule has 0 unspecified atom stereocenters. The molecule has 2 rings (SSSR count). The van der Waals surface area contributed by atoms with Gasteiger partial charge in [0.25, 0.3) is 0 Å². The Balaban J connectivity index is 1.74. The predicted octanol–water partition coefficient (Wildman–Crippen LogP) is 3.05. The average Bonchev–Trinajstić information content (AvgIpc) is 2.74. The molecule has 1 aromatic rings. The number of hydrogen-bond acceptors (Lipinski definition) is 4. The lowest BCUT2D eigenvalue weighted by atomic mass is 9.87. The van der Waals surface area contributed by atoms with Crippen molar-refractivity contribution in [1.82, 2.24) is 16.0 Å². The van der Waals surface area contributed by atoms with Crippen LogP contribution in [0.1, 0.15) is 44.1 Å². The van der Waals surface area contributed by atoms with E-state index in [-0.39, 0.29) is 18.2 Å². The molecule has 9 heteroatoms. The lowest BCUT2D eigenvalue weighted by Gasteiger charge is -2.21. The van der Waals surface area contributed by atoms with Crippen LogP contribution in [-0.4, -0.2) is 45.7 Å². The molecule has 0 heterocycles. The fourth-order valence-electron chi connectivity index (χ4n) is 3.54. The molecule has 0 radical (unpaired) electrons.